The molecule has 1 N–H and O–H groups in total. The lowest BCUT2D eigenvalue weighted by atomic mass is 9.61. The fraction of sp³-hybridized carbons (Fsp3) is 0.368. The predicted molar refractivity (Wildman–Crippen MR) is 169 cm³/mol. The van der Waals surface area contributed by atoms with Gasteiger partial charge in [-0.3, -0.25) is 9.59 Å². The second-order valence-corrected chi connectivity index (χ2v) is 12.3. The van der Waals surface area contributed by atoms with Crippen molar-refractivity contribution in [3.05, 3.63) is 112 Å². The molecule has 0 heterocycles. The summed E-state index contributed by atoms with van der Waals surface area (Å²) >= 11 is 0. The van der Waals surface area contributed by atoms with Gasteiger partial charge in [-0.15, -0.1) is 0 Å². The van der Waals surface area contributed by atoms with Crippen LogP contribution in [0.5, 0.6) is 0 Å². The van der Waals surface area contributed by atoms with Gasteiger partial charge in [-0.25, -0.2) is 0 Å². The first-order chi connectivity index (χ1) is 20.8. The van der Waals surface area contributed by atoms with Gasteiger partial charge < -0.3 is 14.6 Å². The van der Waals surface area contributed by atoms with Crippen molar-refractivity contribution in [2.75, 3.05) is 20.8 Å². The second-order valence-electron chi connectivity index (χ2n) is 12.3. The highest BCUT2D eigenvalue weighted by Gasteiger charge is 2.62. The minimum absolute atomic E-state index is 0.110. The largest absolute Gasteiger partial charge is 0.469 e. The van der Waals surface area contributed by atoms with E-state index in [4.69, 9.17) is 9.47 Å². The first-order valence-corrected chi connectivity index (χ1v) is 15.4. The molecule has 0 radical (unpaired) electrons. The first-order valence-electron chi connectivity index (χ1n) is 15.4. The van der Waals surface area contributed by atoms with Crippen LogP contribution < -0.4 is 0 Å². The fourth-order valence-corrected chi connectivity index (χ4v) is 8.81. The number of aliphatic hydroxyl groups is 1. The van der Waals surface area contributed by atoms with Crippen LogP contribution in [0.25, 0.3) is 16.7 Å². The number of methoxy groups -OCH3 is 2. The molecule has 7 rings (SSSR count). The normalized spacial score (nSPS) is 24.5. The summed E-state index contributed by atoms with van der Waals surface area (Å²) in [5, 5.41) is 11.5. The molecular formula is C38H40O5. The maximum Gasteiger partial charge on any atom is 0.306 e. The molecular weight excluding hydrogens is 536 g/mol. The van der Waals surface area contributed by atoms with Gasteiger partial charge >= 0.3 is 11.9 Å². The summed E-state index contributed by atoms with van der Waals surface area (Å²) in [6.45, 7) is 6.06. The van der Waals surface area contributed by atoms with Crippen LogP contribution in [0.4, 0.5) is 0 Å². The third-order valence-electron chi connectivity index (χ3n) is 10.2. The van der Waals surface area contributed by atoms with E-state index < -0.39 is 16.2 Å². The van der Waals surface area contributed by atoms with Gasteiger partial charge in [0.15, 0.2) is 0 Å². The van der Waals surface area contributed by atoms with Crippen LogP contribution in [-0.4, -0.2) is 37.9 Å². The zero-order valence-corrected chi connectivity index (χ0v) is 25.7. The van der Waals surface area contributed by atoms with Gasteiger partial charge in [-0.05, 0) is 68.8 Å². The minimum Gasteiger partial charge on any atom is -0.469 e. The minimum atomic E-state index is -0.715. The molecule has 5 heteroatoms. The number of esters is 2. The molecule has 3 aromatic rings. The van der Waals surface area contributed by atoms with E-state index >= 15 is 0 Å². The lowest BCUT2D eigenvalue weighted by molar-refractivity contribution is -0.142. The number of hydrogen-bond donors (Lipinski definition) is 1. The Morgan fingerprint density at radius 3 is 1.95 bits per heavy atom. The molecule has 3 atom stereocenters. The predicted octanol–water partition coefficient (Wildman–Crippen LogP) is 7.04. The summed E-state index contributed by atoms with van der Waals surface area (Å²) in [5.41, 5.74) is 8.07. The van der Waals surface area contributed by atoms with Gasteiger partial charge in [0.25, 0.3) is 0 Å². The van der Waals surface area contributed by atoms with Gasteiger partial charge in [0.1, 0.15) is 0 Å². The zero-order chi connectivity index (χ0) is 30.6. The van der Waals surface area contributed by atoms with Crippen LogP contribution in [-0.2, 0) is 35.3 Å². The molecule has 0 fully saturated rings. The summed E-state index contributed by atoms with van der Waals surface area (Å²) in [7, 11) is 2.87. The van der Waals surface area contributed by atoms with Crippen LogP contribution in [0.15, 0.2) is 84.5 Å². The number of allylic oxidation sites excluding steroid dienone is 4. The molecule has 0 bridgehead atoms. The average molecular weight is 577 g/mol. The van der Waals surface area contributed by atoms with Crippen LogP contribution in [0, 0.1) is 5.92 Å². The summed E-state index contributed by atoms with van der Waals surface area (Å²) in [6.07, 6.45) is 5.98. The van der Waals surface area contributed by atoms with Crippen molar-refractivity contribution in [3.63, 3.8) is 0 Å². The molecule has 0 saturated heterocycles. The van der Waals surface area contributed by atoms with Crippen molar-refractivity contribution >= 4 is 17.5 Å². The van der Waals surface area contributed by atoms with Gasteiger partial charge in [0.2, 0.25) is 0 Å². The third-order valence-corrected chi connectivity index (χ3v) is 10.2. The van der Waals surface area contributed by atoms with E-state index in [-0.39, 0.29) is 37.3 Å². The Balaban J connectivity index is 0.00000161. The molecule has 4 aliphatic rings. The van der Waals surface area contributed by atoms with Crippen molar-refractivity contribution in [2.24, 2.45) is 5.92 Å². The molecule has 2 unspecified atom stereocenters. The molecule has 43 heavy (non-hydrogen) atoms. The third kappa shape index (κ3) is 4.01. The van der Waals surface area contributed by atoms with Gasteiger partial charge in [0, 0.05) is 16.2 Å². The van der Waals surface area contributed by atoms with E-state index in [0.29, 0.717) is 12.8 Å². The van der Waals surface area contributed by atoms with Crippen molar-refractivity contribution in [2.45, 2.75) is 62.7 Å². The molecule has 5 nitrogen and oxygen atoms in total. The van der Waals surface area contributed by atoms with Crippen molar-refractivity contribution in [1.29, 1.82) is 0 Å². The summed E-state index contributed by atoms with van der Waals surface area (Å²) < 4.78 is 10.6. The highest BCUT2D eigenvalue weighted by molar-refractivity contribution is 5.96. The Labute approximate surface area is 254 Å². The Kier molecular flexibility index (Phi) is 7.21. The first kappa shape index (κ1) is 29.1. The molecule has 0 spiro atoms. The van der Waals surface area contributed by atoms with E-state index in [1.807, 2.05) is 38.1 Å². The van der Waals surface area contributed by atoms with Gasteiger partial charge in [-0.2, -0.15) is 0 Å². The number of ether oxygens (including phenoxy) is 2. The van der Waals surface area contributed by atoms with Crippen LogP contribution in [0.1, 0.15) is 74.3 Å². The molecule has 0 aromatic heterocycles. The number of fused-ring (bicyclic) bond motifs is 6. The number of aliphatic hydroxyl groups excluding tert-OH is 1. The highest BCUT2D eigenvalue weighted by atomic mass is 16.5. The van der Waals surface area contributed by atoms with Gasteiger partial charge in [0.05, 0.1) is 33.7 Å². The topological polar surface area (TPSA) is 72.8 Å². The lowest BCUT2D eigenvalue weighted by Crippen LogP contribution is -2.42. The van der Waals surface area contributed by atoms with Crippen LogP contribution >= 0.6 is 0 Å². The zero-order valence-electron chi connectivity index (χ0n) is 25.7. The number of hydrogen-bond acceptors (Lipinski definition) is 5. The molecule has 4 aliphatic carbocycles. The summed E-state index contributed by atoms with van der Waals surface area (Å²) in [5.74, 6) is -0.293. The average Bonchev–Trinajstić information content (AvgIpc) is 3.72. The Morgan fingerprint density at radius 2 is 1.35 bits per heavy atom. The Morgan fingerprint density at radius 1 is 0.791 bits per heavy atom. The fourth-order valence-electron chi connectivity index (χ4n) is 8.81. The quantitative estimate of drug-likeness (QED) is 0.306. The highest BCUT2D eigenvalue weighted by Crippen LogP contribution is 2.68. The van der Waals surface area contributed by atoms with Crippen LogP contribution in [0.2, 0.25) is 0 Å². The maximum atomic E-state index is 13.2. The van der Waals surface area contributed by atoms with E-state index in [9.17, 15) is 14.7 Å². The van der Waals surface area contributed by atoms with Crippen LogP contribution in [0.3, 0.4) is 0 Å². The van der Waals surface area contributed by atoms with Crippen molar-refractivity contribution < 1.29 is 24.2 Å². The van der Waals surface area contributed by atoms with Gasteiger partial charge in [-0.1, -0.05) is 99.7 Å². The Hall–Kier alpha value is -3.96. The molecule has 0 aliphatic heterocycles. The smallest absolute Gasteiger partial charge is 0.306 e. The summed E-state index contributed by atoms with van der Waals surface area (Å²) in [4.78, 5) is 26.3. The monoisotopic (exact) mass is 576 g/mol. The molecule has 222 valence electrons. The van der Waals surface area contributed by atoms with E-state index in [0.717, 1.165) is 38.9 Å². The SMILES string of the molecule is CC.COC(=O)CC12CC(CO)(CC3(CC(=O)OC)c4ccccc4-c4ccccc43)c3cccc(c31)C1=C[C@H](C)C=C12. The van der Waals surface area contributed by atoms with E-state index in [2.05, 4.69) is 61.5 Å². The molecule has 3 aromatic carbocycles. The number of carbonyl (C=O) groups excluding carboxylic acids is 2. The second kappa shape index (κ2) is 10.6. The Bertz CT molecular complexity index is 1630. The number of benzene rings is 3. The number of carbonyl (C=O) groups is 2. The van der Waals surface area contributed by atoms with Crippen molar-refractivity contribution in [3.8, 4) is 11.1 Å². The molecule has 0 saturated carbocycles. The maximum absolute atomic E-state index is 13.2. The summed E-state index contributed by atoms with van der Waals surface area (Å²) in [6, 6.07) is 22.9. The van der Waals surface area contributed by atoms with Crippen molar-refractivity contribution in [1.82, 2.24) is 0 Å². The molecule has 0 amide bonds. The van der Waals surface area contributed by atoms with E-state index in [1.165, 1.54) is 25.4 Å². The van der Waals surface area contributed by atoms with E-state index in [1.54, 1.807) is 0 Å². The number of rotatable bonds is 7. The lowest BCUT2D eigenvalue weighted by Gasteiger charge is -2.42. The standard InChI is InChI=1S/C36H34O5.C2H6/c1-22-15-26-25-11-8-14-29-33(25)36(30(26)16-22,18-32(39)41-3)20-34(29,21-37)19-35(17-31(38)40-2)27-12-6-4-9-23(27)24-10-5-7-13-28(24)35;1-2/h4-16,22,37H,17-21H2,1-3H3;1-2H3/t22-,34?,36?;/m0./s1.